The summed E-state index contributed by atoms with van der Waals surface area (Å²) in [5.41, 5.74) is 5.37. The number of thioether (sulfide) groups is 1. The number of unbranched alkanes of at least 4 members (excludes halogenated alkanes) is 1. The van der Waals surface area contributed by atoms with Gasteiger partial charge in [-0.1, -0.05) is 0 Å². The van der Waals surface area contributed by atoms with E-state index >= 15 is 0 Å². The van der Waals surface area contributed by atoms with E-state index in [2.05, 4.69) is 32.3 Å². The summed E-state index contributed by atoms with van der Waals surface area (Å²) < 4.78 is 0. The molecule has 24 heavy (non-hydrogen) atoms. The first-order valence-corrected chi connectivity index (χ1v) is 10.3. The molecule has 0 radical (unpaired) electrons. The Kier molecular flexibility index (Phi) is 8.74. The number of nitrogens with two attached hydrogens (primary N) is 1. The highest BCUT2D eigenvalue weighted by atomic mass is 32.2. The van der Waals surface area contributed by atoms with E-state index in [4.69, 9.17) is 5.73 Å². The second-order valence-electron chi connectivity index (χ2n) is 6.74. The van der Waals surface area contributed by atoms with Crippen molar-refractivity contribution in [2.75, 3.05) is 45.5 Å². The van der Waals surface area contributed by atoms with Crippen LogP contribution in [0.5, 0.6) is 0 Å². The molecule has 1 atom stereocenters. The van der Waals surface area contributed by atoms with Crippen LogP contribution in [0, 0.1) is 5.92 Å². The third kappa shape index (κ3) is 6.89. The number of piperidine rings is 1. The highest BCUT2D eigenvalue weighted by molar-refractivity contribution is 8.00. The molecule has 2 heterocycles. The van der Waals surface area contributed by atoms with E-state index in [1.165, 1.54) is 25.0 Å². The van der Waals surface area contributed by atoms with Gasteiger partial charge in [-0.2, -0.15) is 11.8 Å². The van der Waals surface area contributed by atoms with Crippen LogP contribution < -0.4 is 16.4 Å². The lowest BCUT2D eigenvalue weighted by molar-refractivity contribution is -0.123. The molecule has 2 fully saturated rings. The molecule has 6 nitrogen and oxygen atoms in total. The normalized spacial score (nSPS) is 23.4. The Morgan fingerprint density at radius 3 is 2.67 bits per heavy atom. The minimum atomic E-state index is -0.131. The molecule has 0 spiro atoms. The number of primary amides is 1. The Balaban J connectivity index is 1.48. The molecule has 2 rings (SSSR count). The Labute approximate surface area is 150 Å². The van der Waals surface area contributed by atoms with Crippen molar-refractivity contribution < 1.29 is 4.79 Å². The standard InChI is InChI=1S/C17H33N5OS/c1-19-17(21-13-15-5-4-12-24-15)20-8-2-3-9-22-10-6-14(7-11-22)16(18)23/h14-15H,2-13H2,1H3,(H2,18,23)(H2,19,20,21). The molecule has 0 aromatic rings. The molecule has 138 valence electrons. The smallest absolute Gasteiger partial charge is 0.220 e. The van der Waals surface area contributed by atoms with Crippen molar-refractivity contribution in [1.82, 2.24) is 15.5 Å². The van der Waals surface area contributed by atoms with Crippen molar-refractivity contribution >= 4 is 23.6 Å². The van der Waals surface area contributed by atoms with Gasteiger partial charge in [0.05, 0.1) is 0 Å². The fourth-order valence-electron chi connectivity index (χ4n) is 3.34. The quantitative estimate of drug-likeness (QED) is 0.344. The maximum absolute atomic E-state index is 11.2. The summed E-state index contributed by atoms with van der Waals surface area (Å²) in [4.78, 5) is 17.9. The van der Waals surface area contributed by atoms with Crippen LogP contribution in [0.4, 0.5) is 0 Å². The van der Waals surface area contributed by atoms with Gasteiger partial charge in [-0.25, -0.2) is 0 Å². The van der Waals surface area contributed by atoms with Crippen LogP contribution in [0.1, 0.15) is 38.5 Å². The summed E-state index contributed by atoms with van der Waals surface area (Å²) in [6.07, 6.45) is 6.81. The minimum absolute atomic E-state index is 0.0929. The highest BCUT2D eigenvalue weighted by Crippen LogP contribution is 2.25. The van der Waals surface area contributed by atoms with Crippen LogP contribution in [0.3, 0.4) is 0 Å². The summed E-state index contributed by atoms with van der Waals surface area (Å²) in [6.45, 7) is 5.08. The Bertz CT molecular complexity index is 404. The molecule has 2 aliphatic rings. The molecule has 1 unspecified atom stereocenters. The summed E-state index contributed by atoms with van der Waals surface area (Å²) in [5, 5.41) is 7.58. The van der Waals surface area contributed by atoms with E-state index in [1.807, 2.05) is 7.05 Å². The number of nitrogens with one attached hydrogen (secondary N) is 2. The van der Waals surface area contributed by atoms with Crippen LogP contribution >= 0.6 is 11.8 Å². The molecule has 0 saturated carbocycles. The fourth-order valence-corrected chi connectivity index (χ4v) is 4.55. The largest absolute Gasteiger partial charge is 0.369 e. The van der Waals surface area contributed by atoms with Crippen LogP contribution in [0.15, 0.2) is 4.99 Å². The minimum Gasteiger partial charge on any atom is -0.369 e. The van der Waals surface area contributed by atoms with E-state index in [9.17, 15) is 4.79 Å². The van der Waals surface area contributed by atoms with Crippen molar-refractivity contribution in [3.63, 3.8) is 0 Å². The first-order chi connectivity index (χ1) is 11.7. The third-order valence-corrected chi connectivity index (χ3v) is 6.33. The predicted octanol–water partition coefficient (Wildman–Crippen LogP) is 1.02. The number of amides is 1. The van der Waals surface area contributed by atoms with Gasteiger partial charge in [-0.05, 0) is 63.9 Å². The molecule has 1 amide bonds. The summed E-state index contributed by atoms with van der Waals surface area (Å²) in [5.74, 6) is 2.18. The van der Waals surface area contributed by atoms with Crippen molar-refractivity contribution in [3.05, 3.63) is 0 Å². The van der Waals surface area contributed by atoms with Crippen LogP contribution in [0.25, 0.3) is 0 Å². The molecular weight excluding hydrogens is 322 g/mol. The number of carbonyl (C=O) groups excluding carboxylic acids is 1. The van der Waals surface area contributed by atoms with Crippen LogP contribution in [-0.2, 0) is 4.79 Å². The molecule has 0 aliphatic carbocycles. The lowest BCUT2D eigenvalue weighted by Crippen LogP contribution is -2.41. The van der Waals surface area contributed by atoms with Gasteiger partial charge in [0.15, 0.2) is 5.96 Å². The molecule has 0 aromatic heterocycles. The number of likely N-dealkylation sites (tertiary alicyclic amines) is 1. The first kappa shape index (κ1) is 19.4. The molecular formula is C17H33N5OS. The number of carbonyl (C=O) groups is 1. The van der Waals surface area contributed by atoms with E-state index in [-0.39, 0.29) is 11.8 Å². The number of aliphatic imine (C=N–C) groups is 1. The molecule has 2 aliphatic heterocycles. The average Bonchev–Trinajstić information content (AvgIpc) is 3.11. The topological polar surface area (TPSA) is 82.8 Å². The number of hydrogen-bond acceptors (Lipinski definition) is 4. The van der Waals surface area contributed by atoms with Crippen molar-refractivity contribution in [2.24, 2.45) is 16.6 Å². The van der Waals surface area contributed by atoms with Gasteiger partial charge in [-0.15, -0.1) is 0 Å². The Morgan fingerprint density at radius 1 is 1.25 bits per heavy atom. The van der Waals surface area contributed by atoms with Gasteiger partial charge in [-0.3, -0.25) is 9.79 Å². The van der Waals surface area contributed by atoms with E-state index in [1.54, 1.807) is 0 Å². The van der Waals surface area contributed by atoms with E-state index < -0.39 is 0 Å². The molecule has 0 bridgehead atoms. The second-order valence-corrected chi connectivity index (χ2v) is 8.15. The van der Waals surface area contributed by atoms with Gasteiger partial charge >= 0.3 is 0 Å². The van der Waals surface area contributed by atoms with Crippen LogP contribution in [-0.4, -0.2) is 67.5 Å². The van der Waals surface area contributed by atoms with Crippen molar-refractivity contribution in [1.29, 1.82) is 0 Å². The zero-order valence-corrected chi connectivity index (χ0v) is 15.7. The second kappa shape index (κ2) is 10.8. The SMILES string of the molecule is CN=C(NCCCCN1CCC(C(N)=O)CC1)NCC1CCCS1. The molecule has 0 aromatic carbocycles. The monoisotopic (exact) mass is 355 g/mol. The Hall–Kier alpha value is -0.950. The number of guanidine groups is 1. The van der Waals surface area contributed by atoms with E-state index in [0.717, 1.165) is 63.2 Å². The van der Waals surface area contributed by atoms with Crippen molar-refractivity contribution in [2.45, 2.75) is 43.8 Å². The zero-order chi connectivity index (χ0) is 17.2. The predicted molar refractivity (Wildman–Crippen MR) is 102 cm³/mol. The average molecular weight is 356 g/mol. The maximum atomic E-state index is 11.2. The summed E-state index contributed by atoms with van der Waals surface area (Å²) in [7, 11) is 1.83. The molecule has 7 heteroatoms. The van der Waals surface area contributed by atoms with Gasteiger partial charge in [0.2, 0.25) is 5.91 Å². The fraction of sp³-hybridized carbons (Fsp3) is 0.882. The van der Waals surface area contributed by atoms with Crippen LogP contribution in [0.2, 0.25) is 0 Å². The molecule has 2 saturated heterocycles. The lowest BCUT2D eigenvalue weighted by Gasteiger charge is -2.30. The lowest BCUT2D eigenvalue weighted by atomic mass is 9.96. The number of rotatable bonds is 8. The maximum Gasteiger partial charge on any atom is 0.220 e. The van der Waals surface area contributed by atoms with Gasteiger partial charge in [0, 0.05) is 31.3 Å². The Morgan fingerprint density at radius 2 is 2.04 bits per heavy atom. The summed E-state index contributed by atoms with van der Waals surface area (Å²) in [6, 6.07) is 0. The number of nitrogens with zero attached hydrogens (tertiary/aromatic N) is 2. The van der Waals surface area contributed by atoms with Gasteiger partial charge in [0.1, 0.15) is 0 Å². The first-order valence-electron chi connectivity index (χ1n) is 9.27. The third-order valence-electron chi connectivity index (χ3n) is 4.93. The van der Waals surface area contributed by atoms with E-state index in [0.29, 0.717) is 0 Å². The zero-order valence-electron chi connectivity index (χ0n) is 14.9. The van der Waals surface area contributed by atoms with Gasteiger partial charge in [0.25, 0.3) is 0 Å². The summed E-state index contributed by atoms with van der Waals surface area (Å²) >= 11 is 2.06. The number of hydrogen-bond donors (Lipinski definition) is 3. The highest BCUT2D eigenvalue weighted by Gasteiger charge is 2.22. The van der Waals surface area contributed by atoms with Crippen molar-refractivity contribution in [3.8, 4) is 0 Å². The molecule has 4 N–H and O–H groups in total. The van der Waals surface area contributed by atoms with Gasteiger partial charge < -0.3 is 21.3 Å².